The van der Waals surface area contributed by atoms with E-state index in [4.69, 9.17) is 5.11 Å². The number of allylic oxidation sites excluding steroid dienone is 2. The number of aromatic nitrogens is 10. The largest absolute Gasteiger partial charge is 0.394 e. The normalized spacial score (nSPS) is 16.1. The molecule has 42 heteroatoms. The molecule has 5 aromatic heterocycles. The van der Waals surface area contributed by atoms with E-state index in [2.05, 4.69) is 65.9 Å². The van der Waals surface area contributed by atoms with Gasteiger partial charge in [-0.1, -0.05) is 37.7 Å². The maximum Gasteiger partial charge on any atom is 0.353 e. The lowest BCUT2D eigenvalue weighted by molar-refractivity contribution is -0.117. The van der Waals surface area contributed by atoms with Gasteiger partial charge in [-0.25, -0.2) is 69.7 Å². The molecule has 0 radical (unpaired) electrons. The minimum Gasteiger partial charge on any atom is -0.394 e. The number of amides is 1. The van der Waals surface area contributed by atoms with Crippen molar-refractivity contribution in [2.24, 2.45) is 0 Å². The average molecular weight is 2130 g/mol. The van der Waals surface area contributed by atoms with Crippen LogP contribution in [0, 0.1) is 60.8 Å². The number of nitrogens with one attached hydrogen (secondary N) is 3. The Labute approximate surface area is 707 Å². The van der Waals surface area contributed by atoms with E-state index in [1.54, 1.807) is 42.5 Å². The van der Waals surface area contributed by atoms with Crippen molar-refractivity contribution < 1.29 is 75.4 Å². The highest BCUT2D eigenvalue weighted by Gasteiger charge is 2.62. The summed E-state index contributed by atoms with van der Waals surface area (Å²) in [6.07, 6.45) is 4.43. The number of carbonyl (C=O) groups is 1. The van der Waals surface area contributed by atoms with Crippen LogP contribution in [0.25, 0.3) is 57.6 Å². The predicted molar refractivity (Wildman–Crippen MR) is 450 cm³/mol. The number of nitrogens with zero attached hydrogens (tertiary/aromatic N) is 10. The summed E-state index contributed by atoms with van der Waals surface area (Å²) in [5.41, 5.74) is -0.554. The Bertz CT molecular complexity index is 6500. The quantitative estimate of drug-likeness (QED) is 0.0253. The number of anilines is 4. The Balaban J connectivity index is 0.000000126. The van der Waals surface area contributed by atoms with Gasteiger partial charge in [0, 0.05) is 43.8 Å². The lowest BCUT2D eigenvalue weighted by atomic mass is 10.0. The number of rotatable bonds is 21. The van der Waals surface area contributed by atoms with Crippen LogP contribution in [0.2, 0.25) is 0 Å². The number of sulfonamides is 2. The van der Waals surface area contributed by atoms with E-state index >= 15 is 13.2 Å². The summed E-state index contributed by atoms with van der Waals surface area (Å²) in [5.74, 6) is -6.32. The minimum atomic E-state index is -4.07. The molecule has 8 aromatic carbocycles. The van der Waals surface area contributed by atoms with Crippen molar-refractivity contribution in [1.29, 1.82) is 0 Å². The number of hydrogen-bond donors (Lipinski definition) is 5. The number of benzene rings is 8. The fourth-order valence-corrected chi connectivity index (χ4v) is 23.3. The van der Waals surface area contributed by atoms with Crippen LogP contribution in [0.4, 0.5) is 57.9 Å². The zero-order valence-electron chi connectivity index (χ0n) is 57.5. The van der Waals surface area contributed by atoms with Gasteiger partial charge in [0.15, 0.2) is 38.4 Å². The van der Waals surface area contributed by atoms with Gasteiger partial charge in [-0.2, -0.15) is 10.1 Å². The van der Waals surface area contributed by atoms with Gasteiger partial charge in [0.25, 0.3) is 5.91 Å². The van der Waals surface area contributed by atoms with Gasteiger partial charge < -0.3 is 10.2 Å². The third-order valence-corrected chi connectivity index (χ3v) is 32.3. The molecule has 5 N–H and O–H groups in total. The second kappa shape index (κ2) is 32.1. The molecule has 0 spiro atoms. The molecule has 2 unspecified atom stereocenters. The van der Waals surface area contributed by atoms with Gasteiger partial charge in [-0.05, 0) is 290 Å². The Morgan fingerprint density at radius 1 is 0.566 bits per heavy atom. The molecule has 13 aromatic rings. The highest BCUT2D eigenvalue weighted by molar-refractivity contribution is 14.1. The molecule has 1 amide bonds. The van der Waals surface area contributed by atoms with Crippen LogP contribution in [-0.4, -0.2) is 116 Å². The first kappa shape index (κ1) is 82.5. The number of aromatic amines is 1. The lowest BCUT2D eigenvalue weighted by Crippen LogP contribution is -2.35. The molecule has 0 saturated heterocycles. The SMILES string of the molecule is C=CCC1(S(=O)(=O)C2C(=O)N(c3ccc(I)cc3F)c3c2cc2snnc2c3F)CC1.C=CCC1(S(=O)(=O)Nc2cc3snnc3c(F)c2Cc2ccc(I)cc2F)CC1.O=S(=O)(Nc1cc2snnc2c(F)c1Cc1ccc(I)cc1F)C1(CC(O)CO)CC1.O=c1nc2cc3s[nH]nc3c(F)c2n1-c1ccc(I)cc1F. The first-order valence-corrected chi connectivity index (χ1v) is 45.4. The topological polar surface area (TPSA) is 328 Å². The highest BCUT2D eigenvalue weighted by Crippen LogP contribution is 2.58. The average Bonchev–Trinajstić information content (AvgIpc) is 1.53. The van der Waals surface area contributed by atoms with Crippen molar-refractivity contribution in [1.82, 2.24) is 47.9 Å². The van der Waals surface area contributed by atoms with Gasteiger partial charge in [-0.3, -0.25) is 23.7 Å². The first-order valence-electron chi connectivity index (χ1n) is 33.5. The monoisotopic (exact) mass is 2130 g/mol. The van der Waals surface area contributed by atoms with E-state index in [0.29, 0.717) is 78.0 Å². The Morgan fingerprint density at radius 3 is 1.49 bits per heavy atom. The highest BCUT2D eigenvalue weighted by atomic mass is 127. The molecule has 17 rings (SSSR count). The second-order valence-corrected chi connectivity index (χ2v) is 41.5. The van der Waals surface area contributed by atoms with E-state index < -0.39 is 120 Å². The number of imidazole rings is 1. The summed E-state index contributed by atoms with van der Waals surface area (Å²) >= 11 is 11.7. The van der Waals surface area contributed by atoms with Crippen LogP contribution in [0.1, 0.15) is 90.9 Å². The Morgan fingerprint density at radius 2 is 1.02 bits per heavy atom. The van der Waals surface area contributed by atoms with Crippen LogP contribution < -0.4 is 20.0 Å². The van der Waals surface area contributed by atoms with Gasteiger partial charge >= 0.3 is 5.69 Å². The Kier molecular flexibility index (Phi) is 23.5. The molecule has 3 saturated carbocycles. The first-order chi connectivity index (χ1) is 53.7. The van der Waals surface area contributed by atoms with Gasteiger partial charge in [0.1, 0.15) is 50.9 Å². The number of H-pyrrole nitrogens is 1. The molecule has 23 nitrogen and oxygen atoms in total. The zero-order valence-corrected chi connectivity index (χ0v) is 71.8. The number of hydrogen-bond acceptors (Lipinski definition) is 22. The molecule has 3 fully saturated rings. The standard InChI is InChI=1S/C20H14F2IN3O3S2.C19H18F2IN3O4S2.C19H16F2IN3O2S2.C13H5F2IN4OS/c1-2-5-20(6-7-20)31(28,29)18-11-9-14-16(24-25-30-14)15(22)17(11)26(19(18)27)13-4-3-10(23)8-12(13)21;20-14-6-11(22)2-1-10(14)5-13-15(7-16-18(17(13)21)23-25-30-16)24-31(28,29)19(3-4-19)8-12(27)9-26;1-2-5-19(6-7-19)29(26,27)24-15-10-16-18(23-25-28-16)17(21)13(15)8-11-3-4-12(22)9-14(11)20;14-6-3-5(16)1-2-8(6)20-12-7(17-13(20)21)4-9-11(10(12)15)18-19-22-9/h2-4,8-9,18H,1,5-7H2;1-2,6-7,12,24,26-27H,3-5,8-9H2;2-4,9-10,24H,1,5-8H2;1-4,19H. The zero-order chi connectivity index (χ0) is 80.8. The van der Waals surface area contributed by atoms with Crippen LogP contribution in [0.3, 0.4) is 0 Å². The fourth-order valence-electron chi connectivity index (χ4n) is 13.3. The van der Waals surface area contributed by atoms with Gasteiger partial charge in [-0.15, -0.1) is 28.5 Å². The molecule has 588 valence electrons. The number of sulfone groups is 1. The molecule has 3 aliphatic carbocycles. The second-order valence-electron chi connectivity index (χ2n) is 26.8. The van der Waals surface area contributed by atoms with Crippen molar-refractivity contribution in [3.8, 4) is 5.69 Å². The van der Waals surface area contributed by atoms with Gasteiger partial charge in [0.05, 0.1) is 79.7 Å². The van der Waals surface area contributed by atoms with E-state index in [1.807, 2.05) is 90.4 Å². The summed E-state index contributed by atoms with van der Waals surface area (Å²) in [6.45, 7) is 6.72. The number of carbonyl (C=O) groups excluding carboxylic acids is 1. The third kappa shape index (κ3) is 15.7. The molecule has 1 aliphatic heterocycles. The van der Waals surface area contributed by atoms with Crippen molar-refractivity contribution >= 4 is 247 Å². The maximum atomic E-state index is 15.5. The molecule has 6 heterocycles. The third-order valence-electron chi connectivity index (χ3n) is 19.6. The van der Waals surface area contributed by atoms with E-state index in [-0.39, 0.29) is 115 Å². The van der Waals surface area contributed by atoms with Crippen molar-refractivity contribution in [2.75, 3.05) is 21.0 Å². The summed E-state index contributed by atoms with van der Waals surface area (Å²) in [4.78, 5) is 30.3. The van der Waals surface area contributed by atoms with Crippen LogP contribution in [-0.2, 0) is 47.5 Å². The number of fused-ring (bicyclic) bond motifs is 6. The number of aliphatic hydroxyl groups excluding tert-OH is 2. The molecule has 2 atom stereocenters. The summed E-state index contributed by atoms with van der Waals surface area (Å²) in [5, 5.41) is 32.4. The van der Waals surface area contributed by atoms with Gasteiger partial charge in [0.2, 0.25) is 20.0 Å². The Hall–Kier alpha value is -7.01. The number of aliphatic hydroxyl groups is 2. The van der Waals surface area contributed by atoms with E-state index in [1.165, 1.54) is 66.7 Å². The summed E-state index contributed by atoms with van der Waals surface area (Å²) < 4.78 is 219. The van der Waals surface area contributed by atoms with E-state index in [0.717, 1.165) is 55.6 Å². The van der Waals surface area contributed by atoms with Crippen molar-refractivity contribution in [2.45, 2.75) is 96.2 Å². The predicted octanol–water partition coefficient (Wildman–Crippen LogP) is 16.2. The van der Waals surface area contributed by atoms with Crippen molar-refractivity contribution in [3.63, 3.8) is 0 Å². The smallest absolute Gasteiger partial charge is 0.353 e. The number of halogens is 12. The van der Waals surface area contributed by atoms with E-state index in [9.17, 15) is 61.9 Å². The van der Waals surface area contributed by atoms with Crippen molar-refractivity contribution in [3.05, 3.63) is 221 Å². The van der Waals surface area contributed by atoms with Crippen LogP contribution in [0.5, 0.6) is 0 Å². The lowest BCUT2D eigenvalue weighted by Gasteiger charge is -2.21. The molecule has 113 heavy (non-hydrogen) atoms. The molecular weight excluding hydrogens is 2080 g/mol. The minimum absolute atomic E-state index is 0.00524. The molecular formula is C71H53F8I4N13O10S7. The summed E-state index contributed by atoms with van der Waals surface area (Å²) in [6, 6.07) is 23.6. The molecule has 4 aliphatic rings. The van der Waals surface area contributed by atoms with Crippen LogP contribution >= 0.6 is 136 Å². The van der Waals surface area contributed by atoms with Crippen LogP contribution in [0.15, 0.2) is 127 Å². The summed E-state index contributed by atoms with van der Waals surface area (Å²) in [7, 11) is -11.9. The molecule has 0 bridgehead atoms. The fraction of sp³-hybridized carbons (Fsp3) is 0.239. The maximum absolute atomic E-state index is 15.5.